The molecule has 100 valence electrons. The summed E-state index contributed by atoms with van der Waals surface area (Å²) in [6, 6.07) is 18.1. The maximum Gasteiger partial charge on any atom is 0.311 e. The van der Waals surface area contributed by atoms with E-state index >= 15 is 0 Å². The van der Waals surface area contributed by atoms with Crippen molar-refractivity contribution in [3.05, 3.63) is 54.6 Å². The van der Waals surface area contributed by atoms with Crippen LogP contribution in [0.3, 0.4) is 0 Å². The first-order valence-corrected chi connectivity index (χ1v) is 6.91. The van der Waals surface area contributed by atoms with Crippen LogP contribution in [0.4, 0.5) is 0 Å². The van der Waals surface area contributed by atoms with Crippen LogP contribution < -0.4 is 4.74 Å². The van der Waals surface area contributed by atoms with Crippen LogP contribution in [0.2, 0.25) is 0 Å². The standard InChI is InChI=1S/C18H16O2/c1-2-7-18(19)20-17-12-13-8-3-4-9-14(13)15-10-5-6-11-16(15)17/h3-6,8-12H,2,7H2,1H3. The number of carbonyl (C=O) groups excluding carboxylic acids is 1. The molecular formula is C18H16O2. The van der Waals surface area contributed by atoms with E-state index in [2.05, 4.69) is 12.1 Å². The van der Waals surface area contributed by atoms with Gasteiger partial charge in [0.25, 0.3) is 0 Å². The molecular weight excluding hydrogens is 248 g/mol. The number of hydrogen-bond donors (Lipinski definition) is 0. The fraction of sp³-hybridized carbons (Fsp3) is 0.167. The normalized spacial score (nSPS) is 10.8. The van der Waals surface area contributed by atoms with Gasteiger partial charge in [-0.3, -0.25) is 4.79 Å². The minimum Gasteiger partial charge on any atom is -0.426 e. The monoisotopic (exact) mass is 264 g/mol. The second kappa shape index (κ2) is 5.33. The van der Waals surface area contributed by atoms with Gasteiger partial charge in [-0.1, -0.05) is 55.5 Å². The van der Waals surface area contributed by atoms with E-state index in [1.807, 2.05) is 49.4 Å². The third-order valence-electron chi connectivity index (χ3n) is 3.41. The van der Waals surface area contributed by atoms with Gasteiger partial charge in [0.2, 0.25) is 0 Å². The first-order valence-electron chi connectivity index (χ1n) is 6.91. The number of carbonyl (C=O) groups is 1. The summed E-state index contributed by atoms with van der Waals surface area (Å²) in [7, 11) is 0. The fourth-order valence-corrected chi connectivity index (χ4v) is 2.48. The van der Waals surface area contributed by atoms with E-state index in [9.17, 15) is 4.79 Å². The van der Waals surface area contributed by atoms with Gasteiger partial charge < -0.3 is 4.74 Å². The molecule has 0 N–H and O–H groups in total. The molecule has 3 aromatic carbocycles. The molecule has 0 radical (unpaired) electrons. The molecule has 0 heterocycles. The number of esters is 1. The van der Waals surface area contributed by atoms with Gasteiger partial charge >= 0.3 is 5.97 Å². The molecule has 0 unspecified atom stereocenters. The van der Waals surface area contributed by atoms with Gasteiger partial charge in [-0.2, -0.15) is 0 Å². The van der Waals surface area contributed by atoms with Gasteiger partial charge in [0.15, 0.2) is 0 Å². The van der Waals surface area contributed by atoms with E-state index in [1.165, 1.54) is 5.39 Å². The second-order valence-electron chi connectivity index (χ2n) is 4.87. The number of fused-ring (bicyclic) bond motifs is 3. The van der Waals surface area contributed by atoms with Crippen LogP contribution in [-0.2, 0) is 4.79 Å². The lowest BCUT2D eigenvalue weighted by Crippen LogP contribution is -2.07. The van der Waals surface area contributed by atoms with E-state index in [-0.39, 0.29) is 5.97 Å². The first kappa shape index (κ1) is 12.7. The highest BCUT2D eigenvalue weighted by atomic mass is 16.5. The van der Waals surface area contributed by atoms with Crippen molar-refractivity contribution in [3.63, 3.8) is 0 Å². The molecule has 3 aromatic rings. The highest BCUT2D eigenvalue weighted by Gasteiger charge is 2.10. The molecule has 2 nitrogen and oxygen atoms in total. The second-order valence-corrected chi connectivity index (χ2v) is 4.87. The Bertz CT molecular complexity index is 775. The predicted octanol–water partition coefficient (Wildman–Crippen LogP) is 4.70. The summed E-state index contributed by atoms with van der Waals surface area (Å²) in [5.41, 5.74) is 0. The van der Waals surface area contributed by atoms with Crippen molar-refractivity contribution in [3.8, 4) is 5.75 Å². The molecule has 0 bridgehead atoms. The molecule has 20 heavy (non-hydrogen) atoms. The third kappa shape index (κ3) is 2.25. The Hall–Kier alpha value is -2.35. The third-order valence-corrected chi connectivity index (χ3v) is 3.41. The Morgan fingerprint density at radius 2 is 1.60 bits per heavy atom. The average Bonchev–Trinajstić information content (AvgIpc) is 2.48. The van der Waals surface area contributed by atoms with Gasteiger partial charge in [0.05, 0.1) is 0 Å². The Labute approximate surface area is 118 Å². The van der Waals surface area contributed by atoms with Crippen molar-refractivity contribution < 1.29 is 9.53 Å². The average molecular weight is 264 g/mol. The molecule has 0 saturated heterocycles. The smallest absolute Gasteiger partial charge is 0.311 e. The van der Waals surface area contributed by atoms with Gasteiger partial charge in [-0.15, -0.1) is 0 Å². The molecule has 3 rings (SSSR count). The van der Waals surface area contributed by atoms with Gasteiger partial charge in [0, 0.05) is 11.8 Å². The lowest BCUT2D eigenvalue weighted by Gasteiger charge is -2.10. The Morgan fingerprint density at radius 1 is 0.950 bits per heavy atom. The van der Waals surface area contributed by atoms with Gasteiger partial charge in [0.1, 0.15) is 5.75 Å². The molecule has 0 aliphatic heterocycles. The van der Waals surface area contributed by atoms with Crippen molar-refractivity contribution in [2.75, 3.05) is 0 Å². The van der Waals surface area contributed by atoms with Gasteiger partial charge in [-0.05, 0) is 28.6 Å². The Kier molecular flexibility index (Phi) is 3.38. The highest BCUT2D eigenvalue weighted by molar-refractivity contribution is 6.10. The van der Waals surface area contributed by atoms with Crippen molar-refractivity contribution in [2.24, 2.45) is 0 Å². The minimum atomic E-state index is -0.173. The van der Waals surface area contributed by atoms with E-state index < -0.39 is 0 Å². The number of ether oxygens (including phenoxy) is 1. The van der Waals surface area contributed by atoms with Crippen LogP contribution in [-0.4, -0.2) is 5.97 Å². The summed E-state index contributed by atoms with van der Waals surface area (Å²) in [6.07, 6.45) is 1.24. The lowest BCUT2D eigenvalue weighted by molar-refractivity contribution is -0.134. The van der Waals surface area contributed by atoms with E-state index in [1.54, 1.807) is 0 Å². The van der Waals surface area contributed by atoms with Crippen LogP contribution in [0.5, 0.6) is 5.75 Å². The van der Waals surface area contributed by atoms with Crippen molar-refractivity contribution >= 4 is 27.5 Å². The molecule has 0 spiro atoms. The largest absolute Gasteiger partial charge is 0.426 e. The van der Waals surface area contributed by atoms with Crippen LogP contribution in [0.1, 0.15) is 19.8 Å². The topological polar surface area (TPSA) is 26.3 Å². The quantitative estimate of drug-likeness (QED) is 0.389. The van der Waals surface area contributed by atoms with Crippen molar-refractivity contribution in [1.29, 1.82) is 0 Å². The molecule has 0 aliphatic carbocycles. The van der Waals surface area contributed by atoms with Crippen molar-refractivity contribution in [2.45, 2.75) is 19.8 Å². The fourth-order valence-electron chi connectivity index (χ4n) is 2.48. The summed E-state index contributed by atoms with van der Waals surface area (Å²) in [4.78, 5) is 11.8. The Morgan fingerprint density at radius 3 is 2.35 bits per heavy atom. The molecule has 0 fully saturated rings. The molecule has 0 aliphatic rings. The summed E-state index contributed by atoms with van der Waals surface area (Å²) < 4.78 is 5.54. The lowest BCUT2D eigenvalue weighted by atomic mass is 10.0. The Balaban J connectivity index is 2.21. The predicted molar refractivity (Wildman–Crippen MR) is 82.0 cm³/mol. The summed E-state index contributed by atoms with van der Waals surface area (Å²) in [6.45, 7) is 1.97. The number of rotatable bonds is 3. The first-order chi connectivity index (χ1) is 9.79. The zero-order valence-electron chi connectivity index (χ0n) is 11.4. The minimum absolute atomic E-state index is 0.173. The van der Waals surface area contributed by atoms with E-state index in [4.69, 9.17) is 4.74 Å². The van der Waals surface area contributed by atoms with Crippen LogP contribution in [0, 0.1) is 0 Å². The van der Waals surface area contributed by atoms with Gasteiger partial charge in [-0.25, -0.2) is 0 Å². The zero-order chi connectivity index (χ0) is 13.9. The summed E-state index contributed by atoms with van der Waals surface area (Å²) in [5, 5.41) is 4.37. The van der Waals surface area contributed by atoms with Crippen molar-refractivity contribution in [1.82, 2.24) is 0 Å². The highest BCUT2D eigenvalue weighted by Crippen LogP contribution is 2.33. The molecule has 2 heteroatoms. The summed E-state index contributed by atoms with van der Waals surface area (Å²) in [5.74, 6) is 0.477. The maximum atomic E-state index is 11.8. The van der Waals surface area contributed by atoms with E-state index in [0.29, 0.717) is 12.2 Å². The molecule has 0 aromatic heterocycles. The SMILES string of the molecule is CCCC(=O)Oc1cc2ccccc2c2ccccc12. The van der Waals surface area contributed by atoms with E-state index in [0.717, 1.165) is 22.6 Å². The van der Waals surface area contributed by atoms with Crippen LogP contribution in [0.25, 0.3) is 21.5 Å². The zero-order valence-corrected chi connectivity index (χ0v) is 11.4. The molecule has 0 amide bonds. The van der Waals surface area contributed by atoms with Crippen LogP contribution >= 0.6 is 0 Å². The number of benzene rings is 3. The molecule has 0 atom stereocenters. The molecule has 0 saturated carbocycles. The maximum absolute atomic E-state index is 11.8. The summed E-state index contributed by atoms with van der Waals surface area (Å²) >= 11 is 0. The van der Waals surface area contributed by atoms with Crippen LogP contribution in [0.15, 0.2) is 54.6 Å². The number of hydrogen-bond acceptors (Lipinski definition) is 2.